The van der Waals surface area contributed by atoms with Crippen molar-refractivity contribution in [1.82, 2.24) is 4.90 Å². The SMILES string of the molecule is COC(=O)C1C2CCC3CCC1N(C/C2=C\c1ccc(-c2cccs2)cc1)C3. The first kappa shape index (κ1) is 18.1. The third kappa shape index (κ3) is 3.23. The van der Waals surface area contributed by atoms with E-state index in [4.69, 9.17) is 4.74 Å². The fourth-order valence-corrected chi connectivity index (χ4v) is 6.35. The lowest BCUT2D eigenvalue weighted by Crippen LogP contribution is -2.58. The number of nitrogens with zero attached hydrogens (tertiary/aromatic N) is 1. The minimum Gasteiger partial charge on any atom is -0.469 e. The molecule has 5 unspecified atom stereocenters. The van der Waals surface area contributed by atoms with Crippen molar-refractivity contribution in [2.24, 2.45) is 17.8 Å². The molecule has 0 N–H and O–H groups in total. The topological polar surface area (TPSA) is 29.5 Å². The number of benzene rings is 1. The van der Waals surface area contributed by atoms with Gasteiger partial charge in [0.2, 0.25) is 0 Å². The molecule has 5 aliphatic rings. The number of thiophene rings is 1. The van der Waals surface area contributed by atoms with Crippen molar-refractivity contribution >= 4 is 23.4 Å². The number of methoxy groups -OCH3 is 1. The number of rotatable bonds is 3. The van der Waals surface area contributed by atoms with Gasteiger partial charge in [-0.2, -0.15) is 0 Å². The van der Waals surface area contributed by atoms with Crippen molar-refractivity contribution in [2.45, 2.75) is 31.7 Å². The van der Waals surface area contributed by atoms with Gasteiger partial charge < -0.3 is 4.74 Å². The number of carbonyl (C=O) groups is 1. The van der Waals surface area contributed by atoms with Gasteiger partial charge in [0.15, 0.2) is 0 Å². The van der Waals surface area contributed by atoms with Crippen LogP contribution in [0.15, 0.2) is 47.4 Å². The zero-order chi connectivity index (χ0) is 19.1. The summed E-state index contributed by atoms with van der Waals surface area (Å²) in [6, 6.07) is 13.5. The van der Waals surface area contributed by atoms with Crippen LogP contribution in [0, 0.1) is 17.8 Å². The normalized spacial score (nSPS) is 32.9. The van der Waals surface area contributed by atoms with Crippen LogP contribution >= 0.6 is 11.3 Å². The van der Waals surface area contributed by atoms with E-state index < -0.39 is 0 Å². The second-order valence-corrected chi connectivity index (χ2v) is 9.44. The largest absolute Gasteiger partial charge is 0.469 e. The van der Waals surface area contributed by atoms with Crippen molar-refractivity contribution < 1.29 is 9.53 Å². The van der Waals surface area contributed by atoms with Gasteiger partial charge in [-0.1, -0.05) is 42.0 Å². The molecule has 4 bridgehead atoms. The molecule has 2 aromatic rings. The third-order valence-electron chi connectivity index (χ3n) is 6.97. The molecule has 4 aliphatic heterocycles. The summed E-state index contributed by atoms with van der Waals surface area (Å²) < 4.78 is 5.25. The van der Waals surface area contributed by atoms with Crippen LogP contribution in [0.2, 0.25) is 0 Å². The van der Waals surface area contributed by atoms with Crippen LogP contribution in [0.5, 0.6) is 0 Å². The summed E-state index contributed by atoms with van der Waals surface area (Å²) in [6.45, 7) is 2.14. The zero-order valence-corrected chi connectivity index (χ0v) is 17.2. The Morgan fingerprint density at radius 2 is 1.96 bits per heavy atom. The highest BCUT2D eigenvalue weighted by molar-refractivity contribution is 7.13. The molecule has 0 spiro atoms. The number of carbonyl (C=O) groups excluding carboxylic acids is 1. The van der Waals surface area contributed by atoms with Gasteiger partial charge in [0.1, 0.15) is 0 Å². The van der Waals surface area contributed by atoms with E-state index in [9.17, 15) is 4.79 Å². The molecular weight excluding hydrogens is 366 g/mol. The minimum absolute atomic E-state index is 0.00311. The number of fused-ring (bicyclic) bond motifs is 2. The Hall–Kier alpha value is -1.91. The average Bonchev–Trinajstić information content (AvgIpc) is 3.24. The highest BCUT2D eigenvalue weighted by Crippen LogP contribution is 2.46. The molecular formula is C24H27NO2S. The lowest BCUT2D eigenvalue weighted by Gasteiger charge is -2.52. The van der Waals surface area contributed by atoms with Gasteiger partial charge in [0.05, 0.1) is 13.0 Å². The van der Waals surface area contributed by atoms with Gasteiger partial charge in [0.25, 0.3) is 0 Å². The zero-order valence-electron chi connectivity index (χ0n) is 16.3. The van der Waals surface area contributed by atoms with E-state index in [0.717, 1.165) is 31.8 Å². The van der Waals surface area contributed by atoms with Gasteiger partial charge in [-0.25, -0.2) is 0 Å². The maximum atomic E-state index is 12.7. The van der Waals surface area contributed by atoms with Crippen molar-refractivity contribution in [2.75, 3.05) is 20.2 Å². The molecule has 28 heavy (non-hydrogen) atoms. The monoisotopic (exact) mass is 393 g/mol. The molecule has 5 heterocycles. The minimum atomic E-state index is -0.0148. The van der Waals surface area contributed by atoms with E-state index in [1.54, 1.807) is 18.4 Å². The highest BCUT2D eigenvalue weighted by atomic mass is 32.1. The number of hydrogen-bond acceptors (Lipinski definition) is 4. The Morgan fingerprint density at radius 1 is 1.14 bits per heavy atom. The summed E-state index contributed by atoms with van der Waals surface area (Å²) in [4.78, 5) is 16.6. The molecule has 1 aromatic heterocycles. The molecule has 1 aliphatic carbocycles. The summed E-state index contributed by atoms with van der Waals surface area (Å²) in [5.41, 5.74) is 3.91. The molecule has 4 heteroatoms. The molecule has 1 aromatic carbocycles. The van der Waals surface area contributed by atoms with Crippen LogP contribution in [0.25, 0.3) is 16.5 Å². The number of ether oxygens (including phenoxy) is 1. The lowest BCUT2D eigenvalue weighted by molar-refractivity contribution is -0.154. The molecule has 3 nitrogen and oxygen atoms in total. The number of esters is 1. The van der Waals surface area contributed by atoms with Crippen molar-refractivity contribution in [3.63, 3.8) is 0 Å². The van der Waals surface area contributed by atoms with Gasteiger partial charge >= 0.3 is 5.97 Å². The molecule has 7 rings (SSSR count). The lowest BCUT2D eigenvalue weighted by atomic mass is 9.66. The van der Waals surface area contributed by atoms with Crippen LogP contribution < -0.4 is 0 Å². The van der Waals surface area contributed by atoms with E-state index in [1.165, 1.54) is 34.4 Å². The first-order chi connectivity index (χ1) is 13.7. The van der Waals surface area contributed by atoms with Crippen molar-refractivity contribution in [1.29, 1.82) is 0 Å². The quantitative estimate of drug-likeness (QED) is 0.680. The van der Waals surface area contributed by atoms with E-state index in [2.05, 4.69) is 52.8 Å². The molecule has 5 fully saturated rings. The average molecular weight is 394 g/mol. The van der Waals surface area contributed by atoms with E-state index in [1.807, 2.05) is 0 Å². The molecule has 4 saturated heterocycles. The summed E-state index contributed by atoms with van der Waals surface area (Å²) in [5.74, 6) is 1.12. The summed E-state index contributed by atoms with van der Waals surface area (Å²) in [6.07, 6.45) is 7.10. The maximum Gasteiger partial charge on any atom is 0.310 e. The Kier molecular flexibility index (Phi) is 4.85. The van der Waals surface area contributed by atoms with Crippen LogP contribution in [0.1, 0.15) is 31.2 Å². The molecule has 1 saturated carbocycles. The second kappa shape index (κ2) is 7.49. The Labute approximate surface area is 171 Å². The van der Waals surface area contributed by atoms with Gasteiger partial charge in [-0.15, -0.1) is 11.3 Å². The first-order valence-corrected chi connectivity index (χ1v) is 11.3. The second-order valence-electron chi connectivity index (χ2n) is 8.49. The predicted molar refractivity (Wildman–Crippen MR) is 114 cm³/mol. The van der Waals surface area contributed by atoms with E-state index >= 15 is 0 Å². The molecule has 146 valence electrons. The summed E-state index contributed by atoms with van der Waals surface area (Å²) in [5, 5.41) is 2.12. The van der Waals surface area contributed by atoms with Crippen LogP contribution in [-0.2, 0) is 9.53 Å². The van der Waals surface area contributed by atoms with Crippen LogP contribution in [-0.4, -0.2) is 37.1 Å². The fourth-order valence-electron chi connectivity index (χ4n) is 5.61. The predicted octanol–water partition coefficient (Wildman–Crippen LogP) is 5.09. The Bertz CT molecular complexity index is 871. The number of piperidine rings is 2. The highest BCUT2D eigenvalue weighted by Gasteiger charge is 2.49. The van der Waals surface area contributed by atoms with Crippen LogP contribution in [0.3, 0.4) is 0 Å². The van der Waals surface area contributed by atoms with E-state index in [-0.39, 0.29) is 11.9 Å². The molecule has 0 amide bonds. The van der Waals surface area contributed by atoms with Gasteiger partial charge in [-0.05, 0) is 60.1 Å². The summed E-state index contributed by atoms with van der Waals surface area (Å²) >= 11 is 1.77. The van der Waals surface area contributed by atoms with Crippen molar-refractivity contribution in [3.8, 4) is 10.4 Å². The van der Waals surface area contributed by atoms with Gasteiger partial charge in [-0.3, -0.25) is 9.69 Å². The first-order valence-electron chi connectivity index (χ1n) is 10.4. The Morgan fingerprint density at radius 3 is 2.71 bits per heavy atom. The number of hydrogen-bond donors (Lipinski definition) is 0. The summed E-state index contributed by atoms with van der Waals surface area (Å²) in [7, 11) is 1.54. The fraction of sp³-hybridized carbons (Fsp3) is 0.458. The van der Waals surface area contributed by atoms with Crippen molar-refractivity contribution in [3.05, 3.63) is 52.9 Å². The van der Waals surface area contributed by atoms with Crippen LogP contribution in [0.4, 0.5) is 0 Å². The van der Waals surface area contributed by atoms with E-state index in [0.29, 0.717) is 12.0 Å². The Balaban J connectivity index is 1.46. The third-order valence-corrected chi connectivity index (χ3v) is 7.89. The molecule has 0 radical (unpaired) electrons. The smallest absolute Gasteiger partial charge is 0.310 e. The maximum absolute atomic E-state index is 12.7. The molecule has 5 atom stereocenters. The van der Waals surface area contributed by atoms with Gasteiger partial charge in [0, 0.05) is 24.0 Å². The standard InChI is InChI=1S/C24H27NO2S/c1-27-24(26)23-20-10-6-17-7-11-21(23)25(14-17)15-19(20)13-16-4-8-18(9-5-16)22-3-2-12-28-22/h2-5,8-9,12-13,17,20-21,23H,6-7,10-11,14-15H2,1H3/b19-13+.